The van der Waals surface area contributed by atoms with Crippen molar-refractivity contribution in [3.8, 4) is 0 Å². The molecule has 0 heterocycles. The molecule has 0 amide bonds. The van der Waals surface area contributed by atoms with Crippen molar-refractivity contribution in [2.45, 2.75) is 24.0 Å². The van der Waals surface area contributed by atoms with Gasteiger partial charge in [-0.25, -0.2) is 4.39 Å². The third-order valence-corrected chi connectivity index (χ3v) is 3.33. The number of rotatable bonds is 2. The van der Waals surface area contributed by atoms with Gasteiger partial charge in [-0.15, -0.1) is 0 Å². The minimum atomic E-state index is -1.54. The van der Waals surface area contributed by atoms with Gasteiger partial charge >= 0.3 is 0 Å². The number of nitrogen functional groups attached to an aromatic ring is 1. The first-order chi connectivity index (χ1) is 6.45. The quantitative estimate of drug-likeness (QED) is 0.611. The molecule has 2 N–H and O–H groups in total. The van der Waals surface area contributed by atoms with E-state index in [9.17, 15) is 13.3 Å². The van der Waals surface area contributed by atoms with Gasteiger partial charge in [-0.3, -0.25) is 0 Å². The van der Waals surface area contributed by atoms with Gasteiger partial charge in [0.15, 0.2) is 10.7 Å². The van der Waals surface area contributed by atoms with Crippen LogP contribution in [0.25, 0.3) is 0 Å². The zero-order valence-corrected chi connectivity index (χ0v) is 8.70. The summed E-state index contributed by atoms with van der Waals surface area (Å²) < 4.78 is 37.7. The summed E-state index contributed by atoms with van der Waals surface area (Å²) in [4.78, 5) is -0.133. The summed E-state index contributed by atoms with van der Waals surface area (Å²) in [5.41, 5.74) is 4.88. The van der Waals surface area contributed by atoms with Gasteiger partial charge in [-0.1, -0.05) is 0 Å². The molecule has 1 aromatic carbocycles. The van der Waals surface area contributed by atoms with Crippen molar-refractivity contribution >= 4 is 16.9 Å². The van der Waals surface area contributed by atoms with E-state index in [0.717, 1.165) is 0 Å². The van der Waals surface area contributed by atoms with Crippen molar-refractivity contribution in [2.75, 3.05) is 5.73 Å². The Morgan fingerprint density at radius 1 is 1.29 bits per heavy atom. The molecule has 14 heavy (non-hydrogen) atoms. The van der Waals surface area contributed by atoms with Crippen LogP contribution in [0.5, 0.6) is 0 Å². The van der Waals surface area contributed by atoms with Crippen molar-refractivity contribution in [2.24, 2.45) is 0 Å². The molecule has 1 rings (SSSR count). The molecule has 0 spiro atoms. The highest BCUT2D eigenvalue weighted by molar-refractivity contribution is 7.92. The number of hydrogen-bond acceptors (Lipinski definition) is 2. The van der Waals surface area contributed by atoms with Gasteiger partial charge in [0.2, 0.25) is 5.82 Å². The normalized spacial score (nSPS) is 13.3. The minimum Gasteiger partial charge on any atom is -0.611 e. The molecule has 0 saturated carbocycles. The van der Waals surface area contributed by atoms with E-state index in [2.05, 4.69) is 0 Å². The number of halogens is 2. The van der Waals surface area contributed by atoms with Crippen LogP contribution in [0.3, 0.4) is 0 Å². The van der Waals surface area contributed by atoms with Gasteiger partial charge in [0.1, 0.15) is 5.25 Å². The molecule has 1 unspecified atom stereocenters. The Morgan fingerprint density at radius 2 is 1.86 bits per heavy atom. The summed E-state index contributed by atoms with van der Waals surface area (Å²) >= 11 is -1.54. The highest BCUT2D eigenvalue weighted by atomic mass is 32.2. The summed E-state index contributed by atoms with van der Waals surface area (Å²) in [5, 5.41) is -0.257. The Hall–Kier alpha value is -0.810. The number of nitrogens with two attached hydrogens (primary N) is 1. The lowest BCUT2D eigenvalue weighted by Gasteiger charge is -2.14. The average molecular weight is 219 g/mol. The van der Waals surface area contributed by atoms with Crippen molar-refractivity contribution in [1.29, 1.82) is 0 Å². The maximum atomic E-state index is 13.2. The van der Waals surface area contributed by atoms with Crippen LogP contribution in [0.15, 0.2) is 17.0 Å². The Labute approximate surface area is 84.3 Å². The van der Waals surface area contributed by atoms with E-state index >= 15 is 0 Å². The lowest BCUT2D eigenvalue weighted by atomic mass is 10.3. The predicted octanol–water partition coefficient (Wildman–Crippen LogP) is 2.06. The standard InChI is InChI=1S/C9H11F2NOS/c1-5(2)14(13)7-4-3-6(12)8(10)9(7)11/h3-5H,12H2,1-2H3. The molecular weight excluding hydrogens is 208 g/mol. The van der Waals surface area contributed by atoms with E-state index in [1.54, 1.807) is 13.8 Å². The van der Waals surface area contributed by atoms with Crippen LogP contribution < -0.4 is 5.73 Å². The SMILES string of the molecule is CC(C)[S+]([O-])c1ccc(N)c(F)c1F. The molecule has 2 nitrogen and oxygen atoms in total. The van der Waals surface area contributed by atoms with Gasteiger partial charge < -0.3 is 10.3 Å². The van der Waals surface area contributed by atoms with Crippen LogP contribution in [0, 0.1) is 11.6 Å². The van der Waals surface area contributed by atoms with Crippen LogP contribution >= 0.6 is 0 Å². The number of benzene rings is 1. The largest absolute Gasteiger partial charge is 0.611 e. The fourth-order valence-corrected chi connectivity index (χ4v) is 1.93. The van der Waals surface area contributed by atoms with E-state index in [0.29, 0.717) is 0 Å². The van der Waals surface area contributed by atoms with Crippen LogP contribution in [0.2, 0.25) is 0 Å². The Morgan fingerprint density at radius 3 is 2.36 bits per heavy atom. The Balaban J connectivity index is 3.17. The molecule has 0 aliphatic carbocycles. The molecule has 0 radical (unpaired) electrons. The number of anilines is 1. The van der Waals surface area contributed by atoms with E-state index in [1.165, 1.54) is 12.1 Å². The maximum absolute atomic E-state index is 13.2. The molecule has 0 bridgehead atoms. The topological polar surface area (TPSA) is 49.1 Å². The second kappa shape index (κ2) is 4.14. The van der Waals surface area contributed by atoms with Gasteiger partial charge in [-0.2, -0.15) is 4.39 Å². The van der Waals surface area contributed by atoms with E-state index in [1.807, 2.05) is 0 Å². The third-order valence-electron chi connectivity index (χ3n) is 1.72. The van der Waals surface area contributed by atoms with Crippen molar-refractivity contribution in [3.05, 3.63) is 23.8 Å². The first kappa shape index (κ1) is 11.3. The Bertz CT molecular complexity index is 344. The molecule has 0 aromatic heterocycles. The van der Waals surface area contributed by atoms with Crippen LogP contribution in [0.4, 0.5) is 14.5 Å². The summed E-state index contributed by atoms with van der Waals surface area (Å²) in [6, 6.07) is 2.47. The molecule has 1 aromatic rings. The average Bonchev–Trinajstić information content (AvgIpc) is 2.13. The van der Waals surface area contributed by atoms with E-state index in [-0.39, 0.29) is 15.8 Å². The lowest BCUT2D eigenvalue weighted by molar-refractivity contribution is 0.487. The smallest absolute Gasteiger partial charge is 0.215 e. The minimum absolute atomic E-state index is 0.133. The maximum Gasteiger partial charge on any atom is 0.215 e. The van der Waals surface area contributed by atoms with Crippen LogP contribution in [-0.2, 0) is 11.2 Å². The molecule has 78 valence electrons. The third kappa shape index (κ3) is 1.99. The fourth-order valence-electron chi connectivity index (χ4n) is 0.956. The fraction of sp³-hybridized carbons (Fsp3) is 0.333. The highest BCUT2D eigenvalue weighted by Crippen LogP contribution is 2.24. The summed E-state index contributed by atoms with van der Waals surface area (Å²) in [6.45, 7) is 3.34. The van der Waals surface area contributed by atoms with Crippen molar-refractivity contribution in [1.82, 2.24) is 0 Å². The molecule has 0 aliphatic rings. The van der Waals surface area contributed by atoms with Gasteiger partial charge in [0.25, 0.3) is 0 Å². The Kier molecular flexibility index (Phi) is 3.34. The zero-order chi connectivity index (χ0) is 10.9. The zero-order valence-electron chi connectivity index (χ0n) is 7.88. The van der Waals surface area contributed by atoms with E-state index < -0.39 is 22.8 Å². The lowest BCUT2D eigenvalue weighted by Crippen LogP contribution is -2.16. The van der Waals surface area contributed by atoms with Crippen molar-refractivity contribution in [3.63, 3.8) is 0 Å². The summed E-state index contributed by atoms with van der Waals surface area (Å²) in [6.07, 6.45) is 0. The summed E-state index contributed by atoms with van der Waals surface area (Å²) in [7, 11) is 0. The van der Waals surface area contributed by atoms with Gasteiger partial charge in [-0.05, 0) is 37.2 Å². The van der Waals surface area contributed by atoms with Crippen LogP contribution in [-0.4, -0.2) is 9.80 Å². The van der Waals surface area contributed by atoms with Crippen LogP contribution in [0.1, 0.15) is 13.8 Å². The molecule has 0 fully saturated rings. The second-order valence-electron chi connectivity index (χ2n) is 3.13. The predicted molar refractivity (Wildman–Crippen MR) is 52.3 cm³/mol. The van der Waals surface area contributed by atoms with Crippen molar-refractivity contribution < 1.29 is 13.3 Å². The van der Waals surface area contributed by atoms with Gasteiger partial charge in [0, 0.05) is 0 Å². The number of hydrogen-bond donors (Lipinski definition) is 1. The van der Waals surface area contributed by atoms with Gasteiger partial charge in [0.05, 0.1) is 5.69 Å². The first-order valence-electron chi connectivity index (χ1n) is 4.09. The first-order valence-corrected chi connectivity index (χ1v) is 5.30. The highest BCUT2D eigenvalue weighted by Gasteiger charge is 2.23. The molecule has 5 heteroatoms. The second-order valence-corrected chi connectivity index (χ2v) is 5.10. The van der Waals surface area contributed by atoms with E-state index in [4.69, 9.17) is 5.73 Å². The molecule has 0 aliphatic heterocycles. The molecule has 0 saturated heterocycles. The summed E-state index contributed by atoms with van der Waals surface area (Å²) in [5.74, 6) is -2.24. The monoisotopic (exact) mass is 219 g/mol. The molecule has 1 atom stereocenters. The molecular formula is C9H11F2NOS.